The van der Waals surface area contributed by atoms with E-state index in [4.69, 9.17) is 0 Å². The zero-order valence-electron chi connectivity index (χ0n) is 16.3. The number of hydrogen-bond acceptors (Lipinski definition) is 4. The Bertz CT molecular complexity index is 991. The maximum Gasteiger partial charge on any atom is 0.255 e. The summed E-state index contributed by atoms with van der Waals surface area (Å²) in [4.78, 5) is 17.6. The van der Waals surface area contributed by atoms with Crippen LogP contribution in [0.3, 0.4) is 0 Å². The van der Waals surface area contributed by atoms with Crippen molar-refractivity contribution in [1.82, 2.24) is 20.1 Å². The van der Waals surface area contributed by atoms with E-state index < -0.39 is 0 Å². The third-order valence-corrected chi connectivity index (χ3v) is 5.52. The molecule has 0 bridgehead atoms. The molecule has 0 radical (unpaired) electrons. The number of hydrogen-bond donors (Lipinski definition) is 2. The molecular formula is C22H26N4O2. The van der Waals surface area contributed by atoms with Gasteiger partial charge in [-0.3, -0.25) is 14.5 Å². The number of aryl methyl sites for hydroxylation is 2. The largest absolute Gasteiger partial charge is 0.393 e. The zero-order valence-corrected chi connectivity index (χ0v) is 16.3. The summed E-state index contributed by atoms with van der Waals surface area (Å²) in [6, 6.07) is 9.87. The number of nitrogens with one attached hydrogen (secondary N) is 1. The monoisotopic (exact) mass is 378 g/mol. The summed E-state index contributed by atoms with van der Waals surface area (Å²) in [6.07, 6.45) is 5.71. The van der Waals surface area contributed by atoms with E-state index in [0.29, 0.717) is 18.4 Å². The first-order valence-corrected chi connectivity index (χ1v) is 9.92. The highest BCUT2D eigenvalue weighted by Crippen LogP contribution is 2.38. The van der Waals surface area contributed by atoms with Crippen molar-refractivity contribution >= 4 is 16.8 Å². The van der Waals surface area contributed by atoms with Crippen LogP contribution in [0.25, 0.3) is 10.9 Å². The van der Waals surface area contributed by atoms with Crippen LogP contribution in [0.2, 0.25) is 0 Å². The van der Waals surface area contributed by atoms with Crippen molar-refractivity contribution in [2.24, 2.45) is 5.92 Å². The van der Waals surface area contributed by atoms with Gasteiger partial charge < -0.3 is 10.4 Å². The SMILES string of the molecule is CCCn1cc(C(=O)NC(c2cnc3ccccc3c2)C2CC(O)C2)c(C)n1. The number of carbonyl (C=O) groups excluding carboxylic acids is 1. The standard InChI is InChI=1S/C22H26N4O2/c1-3-8-26-13-19(14(2)25-26)22(28)24-21(16-10-18(27)11-16)17-9-15-6-4-5-7-20(15)23-12-17/h4-7,9,12-13,16,18,21,27H,3,8,10-11H2,1-2H3,(H,24,28). The second-order valence-corrected chi connectivity index (χ2v) is 7.69. The average molecular weight is 378 g/mol. The van der Waals surface area contributed by atoms with Gasteiger partial charge in [-0.25, -0.2) is 0 Å². The summed E-state index contributed by atoms with van der Waals surface area (Å²) in [7, 11) is 0. The first kappa shape index (κ1) is 18.6. The first-order valence-electron chi connectivity index (χ1n) is 9.92. The van der Waals surface area contributed by atoms with Gasteiger partial charge in [0.1, 0.15) is 0 Å². The van der Waals surface area contributed by atoms with Crippen LogP contribution >= 0.6 is 0 Å². The van der Waals surface area contributed by atoms with Gasteiger partial charge in [-0.05, 0) is 49.8 Å². The van der Waals surface area contributed by atoms with Gasteiger partial charge in [-0.2, -0.15) is 5.10 Å². The van der Waals surface area contributed by atoms with E-state index in [2.05, 4.69) is 28.4 Å². The van der Waals surface area contributed by atoms with Crippen molar-refractivity contribution in [1.29, 1.82) is 0 Å². The second-order valence-electron chi connectivity index (χ2n) is 7.69. The van der Waals surface area contributed by atoms with E-state index in [1.165, 1.54) is 0 Å². The number of aromatic nitrogens is 3. The number of nitrogens with zero attached hydrogens (tertiary/aromatic N) is 3. The highest BCUT2D eigenvalue weighted by molar-refractivity contribution is 5.95. The molecule has 1 saturated carbocycles. The normalized spacial score (nSPS) is 20.0. The van der Waals surface area contributed by atoms with Gasteiger partial charge >= 0.3 is 0 Å². The van der Waals surface area contributed by atoms with Gasteiger partial charge in [-0.15, -0.1) is 0 Å². The molecule has 6 nitrogen and oxygen atoms in total. The number of aliphatic hydroxyl groups is 1. The van der Waals surface area contributed by atoms with Crippen LogP contribution in [0.1, 0.15) is 53.8 Å². The number of rotatable bonds is 6. The van der Waals surface area contributed by atoms with Crippen LogP contribution in [0.15, 0.2) is 42.7 Å². The summed E-state index contributed by atoms with van der Waals surface area (Å²) in [5.41, 5.74) is 3.24. The van der Waals surface area contributed by atoms with E-state index >= 15 is 0 Å². The molecule has 146 valence electrons. The molecule has 28 heavy (non-hydrogen) atoms. The first-order chi connectivity index (χ1) is 13.5. The molecule has 0 aliphatic heterocycles. The number of pyridine rings is 1. The third kappa shape index (κ3) is 3.64. The lowest BCUT2D eigenvalue weighted by Gasteiger charge is -2.38. The van der Waals surface area contributed by atoms with Gasteiger partial charge in [-0.1, -0.05) is 25.1 Å². The Morgan fingerprint density at radius 3 is 2.89 bits per heavy atom. The average Bonchev–Trinajstić information content (AvgIpc) is 3.04. The van der Waals surface area contributed by atoms with E-state index in [1.807, 2.05) is 48.3 Å². The smallest absolute Gasteiger partial charge is 0.255 e. The van der Waals surface area contributed by atoms with Gasteiger partial charge in [0.15, 0.2) is 0 Å². The molecule has 3 aromatic rings. The molecule has 6 heteroatoms. The Morgan fingerprint density at radius 2 is 2.14 bits per heavy atom. The molecule has 1 aromatic carbocycles. The van der Waals surface area contributed by atoms with Crippen LogP contribution in [-0.4, -0.2) is 31.9 Å². The lowest BCUT2D eigenvalue weighted by molar-refractivity contribution is 0.0235. The molecule has 1 aliphatic carbocycles. The fourth-order valence-electron chi connectivity index (χ4n) is 3.94. The van der Waals surface area contributed by atoms with Gasteiger partial charge in [0, 0.05) is 24.3 Å². The predicted octanol–water partition coefficient (Wildman–Crippen LogP) is 3.39. The van der Waals surface area contributed by atoms with Crippen LogP contribution < -0.4 is 5.32 Å². The molecule has 2 aromatic heterocycles. The molecular weight excluding hydrogens is 352 g/mol. The van der Waals surface area contributed by atoms with Gasteiger partial charge in [0.05, 0.1) is 28.9 Å². The van der Waals surface area contributed by atoms with E-state index in [0.717, 1.165) is 35.1 Å². The van der Waals surface area contributed by atoms with E-state index in [-0.39, 0.29) is 24.0 Å². The van der Waals surface area contributed by atoms with Gasteiger partial charge in [0.25, 0.3) is 5.91 Å². The molecule has 2 N–H and O–H groups in total. The van der Waals surface area contributed by atoms with E-state index in [1.54, 1.807) is 0 Å². The van der Waals surface area contributed by atoms with Gasteiger partial charge in [0.2, 0.25) is 0 Å². The quantitative estimate of drug-likeness (QED) is 0.689. The number of aliphatic hydroxyl groups excluding tert-OH is 1. The molecule has 2 heterocycles. The number of amides is 1. The van der Waals surface area contributed by atoms with Crippen molar-refractivity contribution in [3.8, 4) is 0 Å². The molecule has 0 spiro atoms. The number of para-hydroxylation sites is 1. The highest BCUT2D eigenvalue weighted by atomic mass is 16.3. The van der Waals surface area contributed by atoms with Crippen LogP contribution in [-0.2, 0) is 6.54 Å². The second kappa shape index (κ2) is 7.72. The molecule has 1 unspecified atom stereocenters. The number of fused-ring (bicyclic) bond motifs is 1. The summed E-state index contributed by atoms with van der Waals surface area (Å²) >= 11 is 0. The Kier molecular flexibility index (Phi) is 5.13. The van der Waals surface area contributed by atoms with Crippen LogP contribution in [0.5, 0.6) is 0 Å². The van der Waals surface area contributed by atoms with Crippen molar-refractivity contribution in [3.63, 3.8) is 0 Å². The minimum atomic E-state index is -0.285. The Balaban J connectivity index is 1.62. The summed E-state index contributed by atoms with van der Waals surface area (Å²) in [5, 5.41) is 18.5. The molecule has 4 rings (SSSR count). The minimum absolute atomic E-state index is 0.126. The lowest BCUT2D eigenvalue weighted by Crippen LogP contribution is -2.41. The lowest BCUT2D eigenvalue weighted by atomic mass is 9.75. The molecule has 1 aliphatic rings. The molecule has 1 amide bonds. The predicted molar refractivity (Wildman–Crippen MR) is 108 cm³/mol. The maximum atomic E-state index is 13.0. The number of carbonyl (C=O) groups is 1. The third-order valence-electron chi connectivity index (χ3n) is 5.52. The minimum Gasteiger partial charge on any atom is -0.393 e. The fourth-order valence-corrected chi connectivity index (χ4v) is 3.94. The van der Waals surface area contributed by atoms with Crippen molar-refractivity contribution in [2.45, 2.75) is 51.8 Å². The number of benzene rings is 1. The van der Waals surface area contributed by atoms with Crippen molar-refractivity contribution < 1.29 is 9.90 Å². The van der Waals surface area contributed by atoms with Crippen LogP contribution in [0, 0.1) is 12.8 Å². The summed E-state index contributed by atoms with van der Waals surface area (Å²) < 4.78 is 1.82. The Hall–Kier alpha value is -2.73. The Labute approximate surface area is 164 Å². The van der Waals surface area contributed by atoms with E-state index in [9.17, 15) is 9.90 Å². The van der Waals surface area contributed by atoms with Crippen molar-refractivity contribution in [3.05, 3.63) is 59.5 Å². The summed E-state index contributed by atoms with van der Waals surface area (Å²) in [6.45, 7) is 4.74. The molecule has 0 saturated heterocycles. The Morgan fingerprint density at radius 1 is 1.36 bits per heavy atom. The zero-order chi connectivity index (χ0) is 19.7. The molecule has 1 atom stereocenters. The summed E-state index contributed by atoms with van der Waals surface area (Å²) in [5.74, 6) is 0.0762. The topological polar surface area (TPSA) is 80.0 Å². The van der Waals surface area contributed by atoms with Crippen molar-refractivity contribution in [2.75, 3.05) is 0 Å². The highest BCUT2D eigenvalue weighted by Gasteiger charge is 2.36. The molecule has 1 fully saturated rings. The maximum absolute atomic E-state index is 13.0. The van der Waals surface area contributed by atoms with Crippen LogP contribution in [0.4, 0.5) is 0 Å². The fraction of sp³-hybridized carbons (Fsp3) is 0.409.